The molecule has 0 saturated carbocycles. The average Bonchev–Trinajstić information content (AvgIpc) is 2.36. The summed E-state index contributed by atoms with van der Waals surface area (Å²) in [5.41, 5.74) is 10.2. The van der Waals surface area contributed by atoms with Crippen molar-refractivity contribution in [3.05, 3.63) is 63.1 Å². The van der Waals surface area contributed by atoms with Crippen molar-refractivity contribution in [2.45, 2.75) is 24.5 Å². The van der Waals surface area contributed by atoms with Gasteiger partial charge in [0.15, 0.2) is 0 Å². The van der Waals surface area contributed by atoms with Crippen molar-refractivity contribution in [1.82, 2.24) is 0 Å². The molecule has 104 valence electrons. The van der Waals surface area contributed by atoms with Crippen molar-refractivity contribution < 1.29 is 0 Å². The number of halogens is 1. The van der Waals surface area contributed by atoms with E-state index < -0.39 is 0 Å². The van der Waals surface area contributed by atoms with Gasteiger partial charge in [-0.2, -0.15) is 0 Å². The number of amidine groups is 1. The summed E-state index contributed by atoms with van der Waals surface area (Å²) in [6, 6.07) is 12.4. The molecule has 2 rings (SSSR count). The van der Waals surface area contributed by atoms with Crippen LogP contribution < -0.4 is 5.73 Å². The van der Waals surface area contributed by atoms with E-state index in [9.17, 15) is 0 Å². The molecule has 0 bridgehead atoms. The molecule has 2 aromatic rings. The maximum Gasteiger partial charge on any atom is 0.122 e. The molecule has 0 radical (unpaired) electrons. The van der Waals surface area contributed by atoms with Crippen LogP contribution in [0.25, 0.3) is 0 Å². The van der Waals surface area contributed by atoms with Crippen LogP contribution in [-0.4, -0.2) is 5.84 Å². The zero-order valence-electron chi connectivity index (χ0n) is 11.5. The normalized spacial score (nSPS) is 10.6. The molecule has 0 amide bonds. The highest BCUT2D eigenvalue weighted by molar-refractivity contribution is 9.10. The van der Waals surface area contributed by atoms with E-state index in [1.807, 2.05) is 18.2 Å². The molecule has 0 heterocycles. The first-order valence-corrected chi connectivity index (χ1v) is 8.07. The maximum absolute atomic E-state index is 7.44. The molecule has 0 spiro atoms. The Hall–Kier alpha value is -1.26. The lowest BCUT2D eigenvalue weighted by molar-refractivity contribution is 1.29. The van der Waals surface area contributed by atoms with E-state index in [2.05, 4.69) is 48.0 Å². The van der Waals surface area contributed by atoms with Crippen molar-refractivity contribution in [1.29, 1.82) is 5.41 Å². The molecule has 0 aliphatic carbocycles. The van der Waals surface area contributed by atoms with Crippen LogP contribution in [0.3, 0.4) is 0 Å². The Kier molecular flexibility index (Phi) is 4.89. The van der Waals surface area contributed by atoms with Gasteiger partial charge in [0.25, 0.3) is 0 Å². The Labute approximate surface area is 132 Å². The number of nitrogens with two attached hydrogens (primary N) is 1. The van der Waals surface area contributed by atoms with E-state index in [4.69, 9.17) is 11.1 Å². The van der Waals surface area contributed by atoms with Crippen LogP contribution in [0.2, 0.25) is 0 Å². The number of nitrogens with one attached hydrogen (secondary N) is 1. The summed E-state index contributed by atoms with van der Waals surface area (Å²) in [4.78, 5) is 1.16. The third-order valence-electron chi connectivity index (χ3n) is 2.92. The molecule has 0 atom stereocenters. The van der Waals surface area contributed by atoms with Gasteiger partial charge in [-0.25, -0.2) is 0 Å². The van der Waals surface area contributed by atoms with Gasteiger partial charge in [0.1, 0.15) is 5.84 Å². The largest absolute Gasteiger partial charge is 0.384 e. The first-order chi connectivity index (χ1) is 9.45. The van der Waals surface area contributed by atoms with E-state index in [1.54, 1.807) is 11.8 Å². The lowest BCUT2D eigenvalue weighted by atomic mass is 10.1. The van der Waals surface area contributed by atoms with Crippen LogP contribution in [0, 0.1) is 19.3 Å². The predicted octanol–water partition coefficient (Wildman–Crippen LogP) is 4.64. The van der Waals surface area contributed by atoms with Crippen molar-refractivity contribution in [3.8, 4) is 0 Å². The molecule has 0 aliphatic rings. The minimum Gasteiger partial charge on any atom is -0.384 e. The molecule has 0 unspecified atom stereocenters. The van der Waals surface area contributed by atoms with Crippen LogP contribution in [0.1, 0.15) is 22.3 Å². The molecular weight excluding hydrogens is 332 g/mol. The molecule has 2 aromatic carbocycles. The minimum atomic E-state index is 0.0940. The zero-order valence-corrected chi connectivity index (χ0v) is 13.9. The molecule has 0 fully saturated rings. The summed E-state index contributed by atoms with van der Waals surface area (Å²) < 4.78 is 0.986. The van der Waals surface area contributed by atoms with E-state index >= 15 is 0 Å². The fraction of sp³-hybridized carbons (Fsp3) is 0.188. The van der Waals surface area contributed by atoms with Crippen LogP contribution in [-0.2, 0) is 5.75 Å². The number of hydrogen-bond acceptors (Lipinski definition) is 2. The van der Waals surface area contributed by atoms with Crippen molar-refractivity contribution in [3.63, 3.8) is 0 Å². The standard InChI is InChI=1S/C16H17BrN2S/c1-10-5-11(2)7-12(6-10)9-20-15-4-3-13(16(18)19)8-14(15)17/h3-8H,9H2,1-2H3,(H3,18,19). The highest BCUT2D eigenvalue weighted by Gasteiger charge is 2.05. The van der Waals surface area contributed by atoms with Gasteiger partial charge in [-0.3, -0.25) is 5.41 Å². The van der Waals surface area contributed by atoms with Gasteiger partial charge < -0.3 is 5.73 Å². The summed E-state index contributed by atoms with van der Waals surface area (Å²) in [7, 11) is 0. The zero-order chi connectivity index (χ0) is 14.7. The number of thioether (sulfide) groups is 1. The fourth-order valence-electron chi connectivity index (χ4n) is 2.10. The Morgan fingerprint density at radius 3 is 2.35 bits per heavy atom. The summed E-state index contributed by atoms with van der Waals surface area (Å²) in [5.74, 6) is 1.03. The number of rotatable bonds is 4. The van der Waals surface area contributed by atoms with Gasteiger partial charge in [0.2, 0.25) is 0 Å². The molecule has 20 heavy (non-hydrogen) atoms. The fourth-order valence-corrected chi connectivity index (χ4v) is 3.67. The van der Waals surface area contributed by atoms with E-state index in [-0.39, 0.29) is 5.84 Å². The van der Waals surface area contributed by atoms with E-state index in [0.717, 1.165) is 20.7 Å². The van der Waals surface area contributed by atoms with E-state index in [1.165, 1.54) is 16.7 Å². The number of benzene rings is 2. The molecule has 2 nitrogen and oxygen atoms in total. The molecule has 0 aliphatic heterocycles. The highest BCUT2D eigenvalue weighted by Crippen LogP contribution is 2.31. The first-order valence-electron chi connectivity index (χ1n) is 6.29. The Balaban J connectivity index is 2.12. The van der Waals surface area contributed by atoms with Gasteiger partial charge in [-0.15, -0.1) is 11.8 Å². The van der Waals surface area contributed by atoms with Crippen LogP contribution >= 0.6 is 27.7 Å². The SMILES string of the molecule is Cc1cc(C)cc(CSc2ccc(C(=N)N)cc2Br)c1. The van der Waals surface area contributed by atoms with Crippen LogP contribution in [0.4, 0.5) is 0 Å². The Bertz CT molecular complexity index is 633. The average molecular weight is 349 g/mol. The third kappa shape index (κ3) is 3.87. The van der Waals surface area contributed by atoms with Crippen LogP contribution in [0.15, 0.2) is 45.8 Å². The maximum atomic E-state index is 7.44. The predicted molar refractivity (Wildman–Crippen MR) is 90.6 cm³/mol. The van der Waals surface area contributed by atoms with Gasteiger partial charge in [0.05, 0.1) is 0 Å². The van der Waals surface area contributed by atoms with Gasteiger partial charge >= 0.3 is 0 Å². The number of nitrogen functional groups attached to an aromatic ring is 1. The second-order valence-electron chi connectivity index (χ2n) is 4.84. The molecule has 4 heteroatoms. The smallest absolute Gasteiger partial charge is 0.122 e. The summed E-state index contributed by atoms with van der Waals surface area (Å²) >= 11 is 5.32. The second-order valence-corrected chi connectivity index (χ2v) is 6.72. The second kappa shape index (κ2) is 6.46. The first kappa shape index (κ1) is 15.1. The van der Waals surface area contributed by atoms with Crippen molar-refractivity contribution >= 4 is 33.5 Å². The molecule has 3 N–H and O–H groups in total. The van der Waals surface area contributed by atoms with Gasteiger partial charge in [-0.1, -0.05) is 35.4 Å². The minimum absolute atomic E-state index is 0.0940. The summed E-state index contributed by atoms with van der Waals surface area (Å²) in [6.45, 7) is 4.25. The molecule has 0 saturated heterocycles. The molecular formula is C16H17BrN2S. The lowest BCUT2D eigenvalue weighted by Gasteiger charge is -2.08. The van der Waals surface area contributed by atoms with Gasteiger partial charge in [0, 0.05) is 20.7 Å². The summed E-state index contributed by atoms with van der Waals surface area (Å²) in [6.07, 6.45) is 0. The van der Waals surface area contributed by atoms with Crippen molar-refractivity contribution in [2.75, 3.05) is 0 Å². The topological polar surface area (TPSA) is 49.9 Å². The molecule has 0 aromatic heterocycles. The van der Waals surface area contributed by atoms with E-state index in [0.29, 0.717) is 0 Å². The lowest BCUT2D eigenvalue weighted by Crippen LogP contribution is -2.10. The quantitative estimate of drug-likeness (QED) is 0.480. The Morgan fingerprint density at radius 2 is 1.80 bits per heavy atom. The highest BCUT2D eigenvalue weighted by atomic mass is 79.9. The third-order valence-corrected chi connectivity index (χ3v) is 4.98. The number of aryl methyl sites for hydroxylation is 2. The van der Waals surface area contributed by atoms with Crippen LogP contribution in [0.5, 0.6) is 0 Å². The van der Waals surface area contributed by atoms with Gasteiger partial charge in [-0.05, 0) is 47.5 Å². The monoisotopic (exact) mass is 348 g/mol. The summed E-state index contributed by atoms with van der Waals surface area (Å²) in [5, 5.41) is 7.44. The number of hydrogen-bond donors (Lipinski definition) is 2. The van der Waals surface area contributed by atoms with Crippen molar-refractivity contribution in [2.24, 2.45) is 5.73 Å². The Morgan fingerprint density at radius 1 is 1.15 bits per heavy atom.